The third-order valence-electron chi connectivity index (χ3n) is 4.47. The number of aliphatic hydroxyl groups excluding tert-OH is 3. The Labute approximate surface area is 177 Å². The Morgan fingerprint density at radius 3 is 2.72 bits per heavy atom. The van der Waals surface area contributed by atoms with E-state index in [2.05, 4.69) is 23.8 Å². The fourth-order valence-electron chi connectivity index (χ4n) is 2.80. The van der Waals surface area contributed by atoms with Crippen LogP contribution in [0.2, 0.25) is 0 Å². The molecular formula is C23H36O6. The minimum absolute atomic E-state index is 0.0140. The number of allylic oxidation sites excluding steroid dienone is 4. The van der Waals surface area contributed by atoms with Gasteiger partial charge < -0.3 is 24.8 Å². The van der Waals surface area contributed by atoms with Crippen molar-refractivity contribution in [3.05, 3.63) is 48.6 Å². The fourth-order valence-corrected chi connectivity index (χ4v) is 2.80. The number of aliphatic hydroxyl groups is 3. The van der Waals surface area contributed by atoms with E-state index in [1.807, 2.05) is 12.2 Å². The Hall–Kier alpha value is -1.73. The Balaban J connectivity index is 2.47. The van der Waals surface area contributed by atoms with Crippen LogP contribution >= 0.6 is 0 Å². The molecule has 1 aliphatic heterocycles. The normalized spacial score (nSPS) is 26.6. The van der Waals surface area contributed by atoms with E-state index in [4.69, 9.17) is 7.48 Å². The van der Waals surface area contributed by atoms with E-state index in [9.17, 15) is 20.1 Å². The number of hydrogen-bond donors (Lipinski definition) is 3. The second-order valence-electron chi connectivity index (χ2n) is 6.92. The van der Waals surface area contributed by atoms with Crippen LogP contribution in [0.1, 0.15) is 54.6 Å². The largest absolute Gasteiger partial charge is 0.469 e. The lowest BCUT2D eigenvalue weighted by Gasteiger charge is -2.16. The van der Waals surface area contributed by atoms with Crippen LogP contribution in [-0.2, 0) is 14.3 Å². The lowest BCUT2D eigenvalue weighted by Crippen LogP contribution is -2.25. The Morgan fingerprint density at radius 2 is 2.00 bits per heavy atom. The summed E-state index contributed by atoms with van der Waals surface area (Å²) in [5.41, 5.74) is 0. The van der Waals surface area contributed by atoms with Crippen molar-refractivity contribution in [1.82, 2.24) is 0 Å². The lowest BCUT2D eigenvalue weighted by molar-refractivity contribution is -0.140. The van der Waals surface area contributed by atoms with E-state index in [1.54, 1.807) is 0 Å². The molecule has 6 heteroatoms. The van der Waals surface area contributed by atoms with Crippen LogP contribution in [0.4, 0.5) is 0 Å². The second-order valence-corrected chi connectivity index (χ2v) is 6.92. The number of hydrogen-bond acceptors (Lipinski definition) is 6. The zero-order valence-electron chi connectivity index (χ0n) is 19.4. The Kier molecular flexibility index (Phi) is 11.5. The average molecular weight is 411 g/mol. The molecule has 6 nitrogen and oxygen atoms in total. The van der Waals surface area contributed by atoms with Gasteiger partial charge in [-0.05, 0) is 32.1 Å². The predicted molar refractivity (Wildman–Crippen MR) is 113 cm³/mol. The van der Waals surface area contributed by atoms with Gasteiger partial charge in [0.05, 0.1) is 34.3 Å². The van der Waals surface area contributed by atoms with Crippen molar-refractivity contribution in [2.45, 2.75) is 82.4 Å². The molecule has 0 aromatic rings. The molecule has 164 valence electrons. The van der Waals surface area contributed by atoms with Crippen LogP contribution in [0.15, 0.2) is 48.6 Å². The van der Waals surface area contributed by atoms with Crippen LogP contribution < -0.4 is 0 Å². The van der Waals surface area contributed by atoms with Crippen LogP contribution in [0, 0.1) is 0 Å². The van der Waals surface area contributed by atoms with Gasteiger partial charge in [0.1, 0.15) is 6.10 Å². The van der Waals surface area contributed by atoms with Crippen molar-refractivity contribution < 1.29 is 32.3 Å². The van der Waals surface area contributed by atoms with Gasteiger partial charge in [-0.3, -0.25) is 4.79 Å². The molecule has 0 aromatic carbocycles. The first-order chi connectivity index (χ1) is 14.8. The molecule has 0 radical (unpaired) electrons. The van der Waals surface area contributed by atoms with Gasteiger partial charge in [0.25, 0.3) is 0 Å². The maximum absolute atomic E-state index is 11.1. The van der Waals surface area contributed by atoms with Gasteiger partial charge in [-0.15, -0.1) is 0 Å². The summed E-state index contributed by atoms with van der Waals surface area (Å²) in [6.07, 6.45) is 9.81. The van der Waals surface area contributed by atoms with Gasteiger partial charge in [-0.2, -0.15) is 0 Å². The third-order valence-corrected chi connectivity index (χ3v) is 4.47. The van der Waals surface area contributed by atoms with Crippen molar-refractivity contribution in [3.63, 3.8) is 0 Å². The van der Waals surface area contributed by atoms with Crippen molar-refractivity contribution in [1.29, 1.82) is 0 Å². The zero-order chi connectivity index (χ0) is 23.2. The second kappa shape index (κ2) is 15.2. The average Bonchev–Trinajstić information content (AvgIpc) is 3.13. The summed E-state index contributed by atoms with van der Waals surface area (Å²) in [6.45, 7) is 2.07. The maximum atomic E-state index is 11.1. The number of carbonyl (C=O) groups is 1. The molecule has 0 amide bonds. The van der Waals surface area contributed by atoms with Crippen molar-refractivity contribution in [2.75, 3.05) is 7.11 Å². The van der Waals surface area contributed by atoms with Gasteiger partial charge in [-0.25, -0.2) is 0 Å². The quantitative estimate of drug-likeness (QED) is 0.319. The first-order valence-corrected chi connectivity index (χ1v) is 10.2. The molecule has 3 N–H and O–H groups in total. The highest BCUT2D eigenvalue weighted by atomic mass is 16.5. The van der Waals surface area contributed by atoms with Gasteiger partial charge in [0, 0.05) is 12.8 Å². The molecule has 1 rings (SSSR count). The molecule has 29 heavy (non-hydrogen) atoms. The molecule has 0 aliphatic carbocycles. The van der Waals surface area contributed by atoms with Gasteiger partial charge in [-0.1, -0.05) is 55.5 Å². The molecule has 0 unspecified atom stereocenters. The first-order valence-electron chi connectivity index (χ1n) is 11.2. The number of methoxy groups -OCH3 is 1. The number of carbonyl (C=O) groups excluding carboxylic acids is 1. The summed E-state index contributed by atoms with van der Waals surface area (Å²) in [7, 11) is 1.26. The summed E-state index contributed by atoms with van der Waals surface area (Å²) in [5.74, 6) is -0.453. The predicted octanol–water partition coefficient (Wildman–Crippen LogP) is 2.98. The van der Waals surface area contributed by atoms with Crippen LogP contribution in [0.3, 0.4) is 0 Å². The topological polar surface area (TPSA) is 96.2 Å². The molecule has 5 atom stereocenters. The lowest BCUT2D eigenvalue weighted by atomic mass is 10.0. The Bertz CT molecular complexity index is 658. The highest BCUT2D eigenvalue weighted by Crippen LogP contribution is 2.25. The van der Waals surface area contributed by atoms with Crippen LogP contribution in [0.5, 0.6) is 0 Å². The Morgan fingerprint density at radius 1 is 1.24 bits per heavy atom. The van der Waals surface area contributed by atoms with E-state index in [1.165, 1.54) is 19.3 Å². The minimum Gasteiger partial charge on any atom is -0.469 e. The van der Waals surface area contributed by atoms with Crippen LogP contribution in [-0.4, -0.2) is 58.9 Å². The fraction of sp³-hybridized carbons (Fsp3) is 0.609. The molecule has 0 aromatic heterocycles. The van der Waals surface area contributed by atoms with Gasteiger partial charge >= 0.3 is 5.97 Å². The van der Waals surface area contributed by atoms with Crippen molar-refractivity contribution in [3.8, 4) is 0 Å². The van der Waals surface area contributed by atoms with E-state index < -0.39 is 36.5 Å². The smallest absolute Gasteiger partial charge is 0.305 e. The first kappa shape index (κ1) is 22.0. The molecular weight excluding hydrogens is 372 g/mol. The molecule has 1 saturated heterocycles. The third kappa shape index (κ3) is 11.1. The van der Waals surface area contributed by atoms with E-state index in [-0.39, 0.29) is 31.4 Å². The van der Waals surface area contributed by atoms with Gasteiger partial charge in [0.2, 0.25) is 0 Å². The summed E-state index contributed by atoms with van der Waals surface area (Å²) >= 11 is 0. The van der Waals surface area contributed by atoms with E-state index in [0.29, 0.717) is 12.8 Å². The molecule has 0 saturated carbocycles. The van der Waals surface area contributed by atoms with E-state index in [0.717, 1.165) is 12.8 Å². The van der Waals surface area contributed by atoms with Crippen molar-refractivity contribution >= 4 is 5.97 Å². The molecule has 0 bridgehead atoms. The number of ether oxygens (including phenoxy) is 2. The highest BCUT2D eigenvalue weighted by molar-refractivity contribution is 5.69. The van der Waals surface area contributed by atoms with Crippen molar-refractivity contribution in [2.24, 2.45) is 0 Å². The molecule has 1 fully saturated rings. The van der Waals surface area contributed by atoms with E-state index >= 15 is 0 Å². The molecule has 1 aliphatic rings. The monoisotopic (exact) mass is 410 g/mol. The number of esters is 1. The minimum atomic E-state index is -1.02. The summed E-state index contributed by atoms with van der Waals surface area (Å²) in [5, 5.41) is 30.6. The molecule has 0 spiro atoms. The SMILES string of the molecule is [2H]/C(CCC(=O)OC)=C(\[2H])C[C@@H](O)/C=C/[C@H]1O[C@@H]([C@@H](O)C/C=C\C/C=C\CC)C[C@@H]1O. The van der Waals surface area contributed by atoms with Crippen LogP contribution in [0.25, 0.3) is 0 Å². The number of rotatable bonds is 13. The zero-order valence-corrected chi connectivity index (χ0v) is 17.4. The summed E-state index contributed by atoms with van der Waals surface area (Å²) in [4.78, 5) is 11.1. The van der Waals surface area contributed by atoms with Gasteiger partial charge in [0.15, 0.2) is 0 Å². The summed E-state index contributed by atoms with van der Waals surface area (Å²) in [6, 6.07) is -0.0979. The summed E-state index contributed by atoms with van der Waals surface area (Å²) < 4.78 is 25.9. The standard InChI is InChI=1S/C23H36O6/c1-3-4-5-6-7-10-13-19(25)22-17-20(26)21(29-22)16-15-18(24)12-9-8-11-14-23(27)28-2/h4-5,7-10,15-16,18-22,24-26H,3,6,11-14,17H2,1-2H3/b5-4-,9-8-,10-7-,16-15+/t18-,19+,20+,21-,22-/m1/s1/i8D,9D. The maximum Gasteiger partial charge on any atom is 0.305 e. The molecule has 1 heterocycles. The highest BCUT2D eigenvalue weighted by Gasteiger charge is 2.35.